The van der Waals surface area contributed by atoms with Gasteiger partial charge in [0.1, 0.15) is 0 Å². The van der Waals surface area contributed by atoms with Crippen molar-refractivity contribution in [2.45, 2.75) is 36.1 Å². The van der Waals surface area contributed by atoms with Crippen molar-refractivity contribution in [3.8, 4) is 0 Å². The number of carbonyl (C=O) groups is 3. The van der Waals surface area contributed by atoms with Crippen LogP contribution < -0.4 is 16.0 Å². The van der Waals surface area contributed by atoms with Crippen LogP contribution in [0.2, 0.25) is 0 Å². The maximum atomic E-state index is 12.6. The maximum Gasteiger partial charge on any atom is 0.321 e. The number of urea groups is 1. The Labute approximate surface area is 155 Å². The van der Waals surface area contributed by atoms with Gasteiger partial charge in [-0.05, 0) is 31.9 Å². The first-order chi connectivity index (χ1) is 12.5. The van der Waals surface area contributed by atoms with Crippen LogP contribution in [0.15, 0.2) is 35.4 Å². The Bertz CT molecular complexity index is 867. The van der Waals surface area contributed by atoms with E-state index in [0.717, 1.165) is 18.2 Å². The molecule has 4 amide bonds. The highest BCUT2D eigenvalue weighted by Gasteiger charge is 2.25. The van der Waals surface area contributed by atoms with E-state index in [0.29, 0.717) is 16.1 Å². The van der Waals surface area contributed by atoms with Crippen LogP contribution in [-0.2, 0) is 4.79 Å². The highest BCUT2D eigenvalue weighted by Crippen LogP contribution is 2.28. The van der Waals surface area contributed by atoms with Gasteiger partial charge in [-0.15, -0.1) is 0 Å². The summed E-state index contributed by atoms with van der Waals surface area (Å²) in [7, 11) is 1.44. The van der Waals surface area contributed by atoms with Gasteiger partial charge >= 0.3 is 6.03 Å². The molecule has 26 heavy (non-hydrogen) atoms. The molecule has 7 nitrogen and oxygen atoms in total. The van der Waals surface area contributed by atoms with Gasteiger partial charge in [-0.2, -0.15) is 0 Å². The van der Waals surface area contributed by atoms with Gasteiger partial charge in [0.25, 0.3) is 5.91 Å². The molecule has 1 aliphatic carbocycles. The SMILES string of the molecule is CNC(=O)NC(=O)[C@H](C)Sc1cc(C(=O)NC2CC2)c2ccccc2n1. The van der Waals surface area contributed by atoms with Gasteiger partial charge in [0, 0.05) is 18.5 Å². The lowest BCUT2D eigenvalue weighted by atomic mass is 10.1. The molecular formula is C18H20N4O3S. The van der Waals surface area contributed by atoms with Crippen LogP contribution in [0.4, 0.5) is 4.79 Å². The van der Waals surface area contributed by atoms with Crippen molar-refractivity contribution < 1.29 is 14.4 Å². The number of benzene rings is 1. The van der Waals surface area contributed by atoms with Gasteiger partial charge in [-0.1, -0.05) is 30.0 Å². The molecular weight excluding hydrogens is 352 g/mol. The smallest absolute Gasteiger partial charge is 0.321 e. The molecule has 1 heterocycles. The Morgan fingerprint density at radius 2 is 1.96 bits per heavy atom. The Morgan fingerprint density at radius 3 is 2.65 bits per heavy atom. The maximum absolute atomic E-state index is 12.6. The molecule has 0 saturated heterocycles. The number of nitrogens with zero attached hydrogens (tertiary/aromatic N) is 1. The fourth-order valence-electron chi connectivity index (χ4n) is 2.40. The first-order valence-electron chi connectivity index (χ1n) is 8.38. The predicted molar refractivity (Wildman–Crippen MR) is 100 cm³/mol. The molecule has 0 aliphatic heterocycles. The van der Waals surface area contributed by atoms with E-state index < -0.39 is 17.2 Å². The molecule has 3 N–H and O–H groups in total. The minimum absolute atomic E-state index is 0.129. The molecule has 1 fully saturated rings. The first-order valence-corrected chi connectivity index (χ1v) is 9.25. The number of thioether (sulfide) groups is 1. The van der Waals surface area contributed by atoms with Crippen molar-refractivity contribution in [3.63, 3.8) is 0 Å². The molecule has 3 rings (SSSR count). The van der Waals surface area contributed by atoms with E-state index in [4.69, 9.17) is 0 Å². The average molecular weight is 372 g/mol. The Morgan fingerprint density at radius 1 is 1.23 bits per heavy atom. The first kappa shape index (κ1) is 18.2. The third-order valence-corrected chi connectivity index (χ3v) is 5.00. The van der Waals surface area contributed by atoms with Crippen molar-refractivity contribution in [2.24, 2.45) is 0 Å². The lowest BCUT2D eigenvalue weighted by Crippen LogP contribution is -2.41. The number of imide groups is 1. The van der Waals surface area contributed by atoms with Crippen LogP contribution in [-0.4, -0.2) is 41.2 Å². The lowest BCUT2D eigenvalue weighted by Gasteiger charge is -2.13. The second-order valence-electron chi connectivity index (χ2n) is 6.10. The summed E-state index contributed by atoms with van der Waals surface area (Å²) in [6.07, 6.45) is 2.01. The van der Waals surface area contributed by atoms with E-state index in [-0.39, 0.29) is 11.9 Å². The molecule has 8 heteroatoms. The van der Waals surface area contributed by atoms with Crippen LogP contribution in [0.25, 0.3) is 10.9 Å². The summed E-state index contributed by atoms with van der Waals surface area (Å²) in [6, 6.07) is 8.82. The fraction of sp³-hybridized carbons (Fsp3) is 0.333. The highest BCUT2D eigenvalue weighted by molar-refractivity contribution is 8.00. The monoisotopic (exact) mass is 372 g/mol. The normalized spacial score (nSPS) is 14.5. The third-order valence-electron chi connectivity index (χ3n) is 3.98. The molecule has 1 saturated carbocycles. The summed E-state index contributed by atoms with van der Waals surface area (Å²) in [5.41, 5.74) is 1.24. The van der Waals surface area contributed by atoms with E-state index in [1.807, 2.05) is 24.3 Å². The van der Waals surface area contributed by atoms with Crippen molar-refractivity contribution in [1.82, 2.24) is 20.9 Å². The molecule has 0 spiro atoms. The summed E-state index contributed by atoms with van der Waals surface area (Å²) in [4.78, 5) is 40.5. The number of hydrogen-bond acceptors (Lipinski definition) is 5. The zero-order valence-corrected chi connectivity index (χ0v) is 15.4. The van der Waals surface area contributed by atoms with Crippen molar-refractivity contribution in [3.05, 3.63) is 35.9 Å². The van der Waals surface area contributed by atoms with Gasteiger partial charge in [0.05, 0.1) is 21.4 Å². The van der Waals surface area contributed by atoms with Gasteiger partial charge in [0.2, 0.25) is 5.91 Å². The second kappa shape index (κ2) is 7.74. The minimum Gasteiger partial charge on any atom is -0.349 e. The van der Waals surface area contributed by atoms with Crippen molar-refractivity contribution >= 4 is 40.5 Å². The van der Waals surface area contributed by atoms with E-state index >= 15 is 0 Å². The predicted octanol–water partition coefficient (Wildman–Crippen LogP) is 2.06. The molecule has 1 aliphatic rings. The van der Waals surface area contributed by atoms with Crippen LogP contribution in [0.3, 0.4) is 0 Å². The van der Waals surface area contributed by atoms with Crippen LogP contribution in [0.5, 0.6) is 0 Å². The summed E-state index contributed by atoms with van der Waals surface area (Å²) in [6.45, 7) is 1.68. The van der Waals surface area contributed by atoms with Crippen molar-refractivity contribution in [2.75, 3.05) is 7.05 Å². The lowest BCUT2D eigenvalue weighted by molar-refractivity contribution is -0.119. The molecule has 1 aromatic carbocycles. The van der Waals surface area contributed by atoms with Gasteiger partial charge in [-0.25, -0.2) is 9.78 Å². The standard InChI is InChI=1S/C18H20N4O3S/c1-10(16(23)22-18(25)19-2)26-15-9-13(17(24)20-11-7-8-11)12-5-3-4-6-14(12)21-15/h3-6,9-11H,7-8H2,1-2H3,(H,20,24)(H2,19,22,23,25)/t10-/m0/s1. The van der Waals surface area contributed by atoms with Gasteiger partial charge in [-0.3, -0.25) is 14.9 Å². The summed E-state index contributed by atoms with van der Waals surface area (Å²) >= 11 is 1.20. The minimum atomic E-state index is -0.557. The van der Waals surface area contributed by atoms with E-state index in [2.05, 4.69) is 20.9 Å². The number of amides is 4. The van der Waals surface area contributed by atoms with E-state index in [1.54, 1.807) is 13.0 Å². The zero-order valence-electron chi connectivity index (χ0n) is 14.5. The zero-order chi connectivity index (χ0) is 18.7. The number of nitrogens with one attached hydrogen (secondary N) is 3. The Hall–Kier alpha value is -2.61. The molecule has 0 bridgehead atoms. The second-order valence-corrected chi connectivity index (χ2v) is 7.46. The number of carbonyl (C=O) groups excluding carboxylic acids is 3. The number of para-hydroxylation sites is 1. The number of rotatable bonds is 5. The summed E-state index contributed by atoms with van der Waals surface area (Å²) in [5, 5.41) is 8.36. The van der Waals surface area contributed by atoms with E-state index in [9.17, 15) is 14.4 Å². The fourth-order valence-corrected chi connectivity index (χ4v) is 3.27. The molecule has 1 aromatic heterocycles. The third kappa shape index (κ3) is 4.32. The average Bonchev–Trinajstić information content (AvgIpc) is 3.44. The van der Waals surface area contributed by atoms with Gasteiger partial charge < -0.3 is 10.6 Å². The number of fused-ring (bicyclic) bond motifs is 1. The van der Waals surface area contributed by atoms with Crippen molar-refractivity contribution in [1.29, 1.82) is 0 Å². The number of aromatic nitrogens is 1. The Balaban J connectivity index is 1.85. The summed E-state index contributed by atoms with van der Waals surface area (Å²) < 4.78 is 0. The Kier molecular flexibility index (Phi) is 5.41. The highest BCUT2D eigenvalue weighted by atomic mass is 32.2. The van der Waals surface area contributed by atoms with Gasteiger partial charge in [0.15, 0.2) is 0 Å². The van der Waals surface area contributed by atoms with E-state index in [1.165, 1.54) is 18.8 Å². The van der Waals surface area contributed by atoms with Crippen LogP contribution in [0, 0.1) is 0 Å². The molecule has 1 atom stereocenters. The molecule has 0 radical (unpaired) electrons. The quantitative estimate of drug-likeness (QED) is 0.698. The number of hydrogen-bond donors (Lipinski definition) is 3. The van der Waals surface area contributed by atoms with Crippen LogP contribution in [0.1, 0.15) is 30.1 Å². The molecule has 136 valence electrons. The molecule has 0 unspecified atom stereocenters. The molecule has 2 aromatic rings. The number of pyridine rings is 1. The topological polar surface area (TPSA) is 100 Å². The summed E-state index contributed by atoms with van der Waals surface area (Å²) in [5.74, 6) is -0.552. The van der Waals surface area contributed by atoms with Crippen LogP contribution >= 0.6 is 11.8 Å². The largest absolute Gasteiger partial charge is 0.349 e.